The van der Waals surface area contributed by atoms with Crippen LogP contribution < -0.4 is 4.74 Å². The van der Waals surface area contributed by atoms with Crippen molar-refractivity contribution < 1.29 is 13.5 Å². The zero-order valence-corrected chi connectivity index (χ0v) is 20.9. The number of aromatic amines is 1. The van der Waals surface area contributed by atoms with E-state index < -0.39 is 0 Å². The Morgan fingerprint density at radius 2 is 2.08 bits per heavy atom. The van der Waals surface area contributed by atoms with Crippen molar-refractivity contribution >= 4 is 10.9 Å². The molecule has 6 rings (SSSR count). The first-order valence-electron chi connectivity index (χ1n) is 13.1. The third kappa shape index (κ3) is 4.31. The van der Waals surface area contributed by atoms with Gasteiger partial charge in [0.1, 0.15) is 23.7 Å². The summed E-state index contributed by atoms with van der Waals surface area (Å²) in [5.74, 6) is 0.197. The lowest BCUT2D eigenvalue weighted by Gasteiger charge is -2.44. The van der Waals surface area contributed by atoms with Crippen LogP contribution in [0.1, 0.15) is 49.0 Å². The van der Waals surface area contributed by atoms with Crippen molar-refractivity contribution in [1.29, 1.82) is 5.26 Å². The molecule has 0 amide bonds. The highest BCUT2D eigenvalue weighted by atomic mass is 19.1. The molecule has 0 radical (unpaired) electrons. The molecular formula is C30H30F2N4O. The number of aromatic nitrogens is 1. The van der Waals surface area contributed by atoms with Crippen molar-refractivity contribution in [3.8, 4) is 11.8 Å². The van der Waals surface area contributed by atoms with Crippen LogP contribution in [0.4, 0.5) is 8.78 Å². The molecule has 3 aliphatic rings. The summed E-state index contributed by atoms with van der Waals surface area (Å²) in [6, 6.07) is 15.3. The Bertz CT molecular complexity index is 1450. The zero-order chi connectivity index (χ0) is 25.5. The molecule has 1 N–H and O–H groups in total. The number of H-pyrrole nitrogens is 1. The lowest BCUT2D eigenvalue weighted by atomic mass is 9.86. The minimum Gasteiger partial charge on any atom is -0.489 e. The first-order valence-corrected chi connectivity index (χ1v) is 13.1. The first-order chi connectivity index (χ1) is 18.1. The SMILES string of the molecule is C[C@@H]1Cc2c([nH]c3ccccc23)[C@@H](c2ccc(OC3CCN(CCCF)C3)cc2F)N1C1=C=C(C#N)C1. The van der Waals surface area contributed by atoms with E-state index in [-0.39, 0.29) is 30.7 Å². The summed E-state index contributed by atoms with van der Waals surface area (Å²) in [4.78, 5) is 8.00. The van der Waals surface area contributed by atoms with Crippen LogP contribution in [0.15, 0.2) is 59.5 Å². The molecule has 3 heterocycles. The number of benzene rings is 2. The monoisotopic (exact) mass is 500 g/mol. The second-order valence-corrected chi connectivity index (χ2v) is 10.3. The molecule has 3 aromatic rings. The molecule has 7 heteroatoms. The molecule has 0 saturated carbocycles. The molecule has 1 aliphatic carbocycles. The number of nitrogens with zero attached hydrogens (tertiary/aromatic N) is 3. The predicted molar refractivity (Wildman–Crippen MR) is 138 cm³/mol. The maximum atomic E-state index is 15.9. The second kappa shape index (κ2) is 9.70. The molecule has 1 unspecified atom stereocenters. The van der Waals surface area contributed by atoms with E-state index in [2.05, 4.69) is 45.6 Å². The summed E-state index contributed by atoms with van der Waals surface area (Å²) in [7, 11) is 0. The van der Waals surface area contributed by atoms with Crippen LogP contribution >= 0.6 is 0 Å². The van der Waals surface area contributed by atoms with E-state index >= 15 is 4.39 Å². The summed E-state index contributed by atoms with van der Waals surface area (Å²) in [5.41, 5.74) is 8.59. The van der Waals surface area contributed by atoms with Crippen LogP contribution in [0.2, 0.25) is 0 Å². The van der Waals surface area contributed by atoms with E-state index in [1.165, 1.54) is 17.0 Å². The van der Waals surface area contributed by atoms with Gasteiger partial charge in [-0.2, -0.15) is 5.26 Å². The summed E-state index contributed by atoms with van der Waals surface area (Å²) in [5, 5.41) is 10.4. The molecule has 1 aromatic heterocycles. The maximum absolute atomic E-state index is 15.9. The fraction of sp³-hybridized carbons (Fsp3) is 0.400. The van der Waals surface area contributed by atoms with Gasteiger partial charge in [0.15, 0.2) is 0 Å². The van der Waals surface area contributed by atoms with Crippen molar-refractivity contribution in [3.63, 3.8) is 0 Å². The van der Waals surface area contributed by atoms with E-state index in [0.717, 1.165) is 49.4 Å². The molecule has 0 bridgehead atoms. The van der Waals surface area contributed by atoms with Crippen molar-refractivity contribution in [2.75, 3.05) is 26.3 Å². The van der Waals surface area contributed by atoms with Gasteiger partial charge in [-0.15, -0.1) is 0 Å². The highest BCUT2D eigenvalue weighted by molar-refractivity contribution is 5.85. The number of fused-ring (bicyclic) bond motifs is 3. The van der Waals surface area contributed by atoms with Gasteiger partial charge >= 0.3 is 0 Å². The lowest BCUT2D eigenvalue weighted by molar-refractivity contribution is 0.188. The molecule has 190 valence electrons. The molecule has 37 heavy (non-hydrogen) atoms. The number of nitrogens with one attached hydrogen (secondary N) is 1. The van der Waals surface area contributed by atoms with Crippen molar-refractivity contribution in [2.24, 2.45) is 0 Å². The molecular weight excluding hydrogens is 470 g/mol. The molecule has 5 nitrogen and oxygen atoms in total. The van der Waals surface area contributed by atoms with Gasteiger partial charge in [0, 0.05) is 60.3 Å². The number of rotatable bonds is 7. The van der Waals surface area contributed by atoms with E-state index in [1.54, 1.807) is 0 Å². The number of hydrogen-bond donors (Lipinski definition) is 1. The Hall–Kier alpha value is -3.59. The smallest absolute Gasteiger partial charge is 0.132 e. The quantitative estimate of drug-likeness (QED) is 0.417. The fourth-order valence-electron chi connectivity index (χ4n) is 6.11. The summed E-state index contributed by atoms with van der Waals surface area (Å²) in [6.45, 7) is 4.17. The van der Waals surface area contributed by atoms with E-state index in [9.17, 15) is 9.65 Å². The van der Waals surface area contributed by atoms with Crippen molar-refractivity contribution in [1.82, 2.24) is 14.8 Å². The molecule has 0 spiro atoms. The first kappa shape index (κ1) is 23.8. The Balaban J connectivity index is 1.34. The predicted octanol–water partition coefficient (Wildman–Crippen LogP) is 5.79. The zero-order valence-electron chi connectivity index (χ0n) is 20.9. The molecule has 1 saturated heterocycles. The highest BCUT2D eigenvalue weighted by Gasteiger charge is 2.39. The number of ether oxygens (including phenoxy) is 1. The second-order valence-electron chi connectivity index (χ2n) is 10.3. The summed E-state index contributed by atoms with van der Waals surface area (Å²) >= 11 is 0. The largest absolute Gasteiger partial charge is 0.489 e. The van der Waals surface area contributed by atoms with Crippen molar-refractivity contribution in [2.45, 2.75) is 50.8 Å². The van der Waals surface area contributed by atoms with E-state index in [0.29, 0.717) is 29.7 Å². The Morgan fingerprint density at radius 3 is 2.86 bits per heavy atom. The molecule has 2 aromatic carbocycles. The van der Waals surface area contributed by atoms with Gasteiger partial charge in [-0.3, -0.25) is 9.29 Å². The topological polar surface area (TPSA) is 55.3 Å². The van der Waals surface area contributed by atoms with Gasteiger partial charge in [0.05, 0.1) is 24.0 Å². The minimum absolute atomic E-state index is 0.0222. The van der Waals surface area contributed by atoms with Crippen LogP contribution in [0, 0.1) is 17.1 Å². The number of halogens is 2. The van der Waals surface area contributed by atoms with Crippen LogP contribution in [-0.4, -0.2) is 53.2 Å². The van der Waals surface area contributed by atoms with Gasteiger partial charge in [-0.05, 0) is 49.9 Å². The normalized spacial score (nSPS) is 23.3. The Kier molecular flexibility index (Phi) is 6.24. The van der Waals surface area contributed by atoms with Crippen LogP contribution in [-0.2, 0) is 6.42 Å². The fourth-order valence-corrected chi connectivity index (χ4v) is 6.11. The maximum Gasteiger partial charge on any atom is 0.132 e. The number of likely N-dealkylation sites (tertiary alicyclic amines) is 1. The van der Waals surface area contributed by atoms with Gasteiger partial charge in [-0.1, -0.05) is 23.9 Å². The van der Waals surface area contributed by atoms with Crippen molar-refractivity contribution in [3.05, 3.63) is 82.1 Å². The Morgan fingerprint density at radius 1 is 1.24 bits per heavy atom. The number of alkyl halides is 1. The van der Waals surface area contributed by atoms with E-state index in [4.69, 9.17) is 4.74 Å². The number of nitriles is 1. The molecule has 2 aliphatic heterocycles. The van der Waals surface area contributed by atoms with Crippen LogP contribution in [0.25, 0.3) is 10.9 Å². The van der Waals surface area contributed by atoms with Gasteiger partial charge in [-0.25, -0.2) is 4.39 Å². The standard InChI is InChI=1S/C30H30F2N4O/c1-19-13-26-24-5-2-3-6-28(24)34-29(26)30(36(19)21-14-20(15-21)17-33)25-8-7-22(16-27(25)32)37-23-9-12-35(18-23)11-4-10-31/h2-3,5-8,16,19,23,30,34H,4,9-14,18H2,1H3/t19-,23?,30-/m1/s1. The third-order valence-corrected chi connectivity index (χ3v) is 7.87. The van der Waals surface area contributed by atoms with Gasteiger partial charge < -0.3 is 14.6 Å². The molecule has 3 atom stereocenters. The van der Waals surface area contributed by atoms with Crippen LogP contribution in [0.3, 0.4) is 0 Å². The van der Waals surface area contributed by atoms with Gasteiger partial charge in [0.25, 0.3) is 0 Å². The average molecular weight is 501 g/mol. The highest BCUT2D eigenvalue weighted by Crippen LogP contribution is 2.45. The third-order valence-electron chi connectivity index (χ3n) is 7.87. The van der Waals surface area contributed by atoms with E-state index in [1.807, 2.05) is 24.3 Å². The lowest BCUT2D eigenvalue weighted by Crippen LogP contribution is -2.43. The van der Waals surface area contributed by atoms with Crippen LogP contribution in [0.5, 0.6) is 5.75 Å². The Labute approximate surface area is 215 Å². The van der Waals surface area contributed by atoms with Gasteiger partial charge in [0.2, 0.25) is 0 Å². The minimum atomic E-state index is -0.356. The summed E-state index contributed by atoms with van der Waals surface area (Å²) in [6.07, 6.45) is 2.74. The number of para-hydroxylation sites is 1. The summed E-state index contributed by atoms with van der Waals surface area (Å²) < 4.78 is 34.5. The average Bonchev–Trinajstić information content (AvgIpc) is 3.47. The molecule has 1 fully saturated rings. The number of hydrogen-bond acceptors (Lipinski definition) is 4.